The van der Waals surface area contributed by atoms with Crippen LogP contribution in [-0.4, -0.2) is 59.3 Å². The second-order valence-electron chi connectivity index (χ2n) is 8.25. The number of aliphatic imine (C=N–C) groups is 1. The number of guanidine groups is 1. The molecular weight excluding hydrogens is 400 g/mol. The van der Waals surface area contributed by atoms with Gasteiger partial charge in [-0.2, -0.15) is 4.98 Å². The van der Waals surface area contributed by atoms with Crippen LogP contribution in [0, 0.1) is 0 Å². The first kappa shape index (κ1) is 21.1. The summed E-state index contributed by atoms with van der Waals surface area (Å²) in [5, 5.41) is 11.8. The van der Waals surface area contributed by atoms with Gasteiger partial charge in [0.05, 0.1) is 6.54 Å². The van der Waals surface area contributed by atoms with Gasteiger partial charge in [-0.15, -0.1) is 0 Å². The Morgan fingerprint density at radius 3 is 2.67 bits per heavy atom. The summed E-state index contributed by atoms with van der Waals surface area (Å²) in [6.45, 7) is 3.53. The molecule has 30 heavy (non-hydrogen) atoms. The lowest BCUT2D eigenvalue weighted by Crippen LogP contribution is -2.56. The van der Waals surface area contributed by atoms with Crippen molar-refractivity contribution in [1.29, 1.82) is 0 Å². The fourth-order valence-corrected chi connectivity index (χ4v) is 4.71. The number of benzene rings is 1. The Kier molecular flexibility index (Phi) is 6.89. The number of nitrogens with zero attached hydrogens (tertiary/aromatic N) is 4. The number of nitrogens with one attached hydrogen (secondary N) is 2. The molecule has 2 bridgehead atoms. The van der Waals surface area contributed by atoms with Gasteiger partial charge in [-0.1, -0.05) is 23.2 Å². The molecule has 2 aliphatic heterocycles. The van der Waals surface area contributed by atoms with Gasteiger partial charge in [0.2, 0.25) is 11.7 Å². The summed E-state index contributed by atoms with van der Waals surface area (Å²) in [6.07, 6.45) is 6.97. The van der Waals surface area contributed by atoms with Crippen LogP contribution in [0.2, 0.25) is 5.02 Å². The molecule has 162 valence electrons. The summed E-state index contributed by atoms with van der Waals surface area (Å²) in [5.74, 6) is 2.05. The lowest BCUT2D eigenvalue weighted by atomic mass is 9.82. The smallest absolute Gasteiger partial charge is 0.228 e. The summed E-state index contributed by atoms with van der Waals surface area (Å²) in [7, 11) is 2.28. The first-order valence-corrected chi connectivity index (χ1v) is 11.4. The van der Waals surface area contributed by atoms with Crippen molar-refractivity contribution in [3.8, 4) is 11.4 Å². The van der Waals surface area contributed by atoms with Gasteiger partial charge < -0.3 is 20.1 Å². The fraction of sp³-hybridized carbons (Fsp3) is 0.591. The zero-order valence-corrected chi connectivity index (χ0v) is 18.5. The topological polar surface area (TPSA) is 78.6 Å². The molecule has 0 amide bonds. The number of aromatic nitrogens is 2. The van der Waals surface area contributed by atoms with Crippen LogP contribution >= 0.6 is 11.6 Å². The molecule has 2 aromatic rings. The number of hydrogen-bond acceptors (Lipinski definition) is 5. The van der Waals surface area contributed by atoms with Crippen molar-refractivity contribution in [3.63, 3.8) is 0 Å². The van der Waals surface area contributed by atoms with E-state index in [1.165, 1.54) is 32.1 Å². The molecule has 1 aromatic heterocycles. The molecule has 0 spiro atoms. The number of hydrogen-bond donors (Lipinski definition) is 2. The molecule has 2 fully saturated rings. The minimum absolute atomic E-state index is 0.481. The van der Waals surface area contributed by atoms with E-state index in [9.17, 15) is 0 Å². The van der Waals surface area contributed by atoms with Crippen LogP contribution in [0.15, 0.2) is 33.8 Å². The Bertz CT molecular complexity index is 838. The van der Waals surface area contributed by atoms with Crippen LogP contribution < -0.4 is 10.6 Å². The molecule has 8 heteroatoms. The molecule has 2 aliphatic rings. The fourth-order valence-electron chi connectivity index (χ4n) is 4.58. The highest BCUT2D eigenvalue weighted by Gasteiger charge is 2.36. The minimum Gasteiger partial charge on any atom is -0.357 e. The van der Waals surface area contributed by atoms with E-state index in [0.29, 0.717) is 47.8 Å². The van der Waals surface area contributed by atoms with E-state index >= 15 is 0 Å². The zero-order chi connectivity index (χ0) is 20.9. The zero-order valence-electron chi connectivity index (χ0n) is 17.8. The molecule has 7 nitrogen and oxygen atoms in total. The van der Waals surface area contributed by atoms with Gasteiger partial charge >= 0.3 is 0 Å². The SMILES string of the molecule is CCNC(=NCCc1nc(-c2ccc(Cl)cc2)no1)NC1CC2CCCC(C1)N2C. The number of halogens is 1. The quantitative estimate of drug-likeness (QED) is 0.539. The summed E-state index contributed by atoms with van der Waals surface area (Å²) < 4.78 is 5.39. The Labute approximate surface area is 183 Å². The summed E-state index contributed by atoms with van der Waals surface area (Å²) >= 11 is 5.94. The maximum atomic E-state index is 5.94. The second kappa shape index (κ2) is 9.79. The predicted octanol–water partition coefficient (Wildman–Crippen LogP) is 3.50. The summed E-state index contributed by atoms with van der Waals surface area (Å²) in [5.41, 5.74) is 0.890. The van der Waals surface area contributed by atoms with Crippen LogP contribution in [0.5, 0.6) is 0 Å². The Balaban J connectivity index is 1.33. The van der Waals surface area contributed by atoms with Gasteiger partial charge in [0.1, 0.15) is 0 Å². The molecule has 2 saturated heterocycles. The van der Waals surface area contributed by atoms with Crippen molar-refractivity contribution in [1.82, 2.24) is 25.7 Å². The number of rotatable bonds is 6. The number of piperidine rings is 2. The molecule has 1 aromatic carbocycles. The Hall–Kier alpha value is -2.12. The molecule has 2 unspecified atom stereocenters. The second-order valence-corrected chi connectivity index (χ2v) is 8.68. The van der Waals surface area contributed by atoms with Crippen molar-refractivity contribution in [2.75, 3.05) is 20.1 Å². The third-order valence-corrected chi connectivity index (χ3v) is 6.44. The summed E-state index contributed by atoms with van der Waals surface area (Å²) in [4.78, 5) is 11.8. The average Bonchev–Trinajstić information content (AvgIpc) is 3.18. The van der Waals surface area contributed by atoms with E-state index in [4.69, 9.17) is 21.1 Å². The van der Waals surface area contributed by atoms with Crippen molar-refractivity contribution in [2.45, 2.75) is 63.6 Å². The first-order chi connectivity index (χ1) is 14.6. The van der Waals surface area contributed by atoms with Gasteiger partial charge in [0, 0.05) is 41.7 Å². The van der Waals surface area contributed by atoms with Crippen molar-refractivity contribution >= 4 is 17.6 Å². The van der Waals surface area contributed by atoms with E-state index in [-0.39, 0.29) is 0 Å². The molecule has 0 aliphatic carbocycles. The van der Waals surface area contributed by atoms with E-state index in [1.54, 1.807) is 0 Å². The van der Waals surface area contributed by atoms with Gasteiger partial charge in [-0.25, -0.2) is 0 Å². The normalized spacial score (nSPS) is 24.6. The highest BCUT2D eigenvalue weighted by Crippen LogP contribution is 2.32. The first-order valence-electron chi connectivity index (χ1n) is 11.0. The lowest BCUT2D eigenvalue weighted by Gasteiger charge is -2.47. The summed E-state index contributed by atoms with van der Waals surface area (Å²) in [6, 6.07) is 9.30. The molecule has 2 N–H and O–H groups in total. The van der Waals surface area contributed by atoms with Gasteiger partial charge in [0.25, 0.3) is 0 Å². The molecule has 0 saturated carbocycles. The monoisotopic (exact) mass is 430 g/mol. The average molecular weight is 431 g/mol. The third kappa shape index (κ3) is 5.13. The highest BCUT2D eigenvalue weighted by atomic mass is 35.5. The van der Waals surface area contributed by atoms with Crippen LogP contribution in [-0.2, 0) is 6.42 Å². The standard InChI is InChI=1S/C22H31ClN6O/c1-3-24-22(26-17-13-18-5-4-6-19(14-17)29(18)2)25-12-11-20-27-21(28-30-20)15-7-9-16(23)10-8-15/h7-10,17-19H,3-6,11-14H2,1-2H3,(H2,24,25,26). The van der Waals surface area contributed by atoms with E-state index in [0.717, 1.165) is 18.1 Å². The van der Waals surface area contributed by atoms with Crippen LogP contribution in [0.25, 0.3) is 11.4 Å². The Morgan fingerprint density at radius 1 is 1.23 bits per heavy atom. The molecule has 3 heterocycles. The lowest BCUT2D eigenvalue weighted by molar-refractivity contribution is 0.0526. The predicted molar refractivity (Wildman–Crippen MR) is 120 cm³/mol. The van der Waals surface area contributed by atoms with Gasteiger partial charge in [0.15, 0.2) is 5.96 Å². The van der Waals surface area contributed by atoms with Gasteiger partial charge in [-0.3, -0.25) is 4.99 Å². The molecule has 4 rings (SSSR count). The van der Waals surface area contributed by atoms with E-state index < -0.39 is 0 Å². The minimum atomic E-state index is 0.481. The third-order valence-electron chi connectivity index (χ3n) is 6.19. The van der Waals surface area contributed by atoms with Crippen LogP contribution in [0.4, 0.5) is 0 Å². The Morgan fingerprint density at radius 2 is 1.97 bits per heavy atom. The molecular formula is C22H31ClN6O. The maximum Gasteiger partial charge on any atom is 0.228 e. The van der Waals surface area contributed by atoms with Crippen LogP contribution in [0.3, 0.4) is 0 Å². The van der Waals surface area contributed by atoms with E-state index in [2.05, 4.69) is 39.6 Å². The van der Waals surface area contributed by atoms with Crippen molar-refractivity contribution in [3.05, 3.63) is 35.2 Å². The molecule has 2 atom stereocenters. The van der Waals surface area contributed by atoms with E-state index in [1.807, 2.05) is 24.3 Å². The highest BCUT2D eigenvalue weighted by molar-refractivity contribution is 6.30. The van der Waals surface area contributed by atoms with Gasteiger partial charge in [-0.05, 0) is 63.9 Å². The van der Waals surface area contributed by atoms with Crippen molar-refractivity contribution in [2.24, 2.45) is 4.99 Å². The largest absolute Gasteiger partial charge is 0.357 e. The molecule has 0 radical (unpaired) electrons. The van der Waals surface area contributed by atoms with Crippen LogP contribution in [0.1, 0.15) is 44.9 Å². The van der Waals surface area contributed by atoms with Crippen molar-refractivity contribution < 1.29 is 4.52 Å². The number of fused-ring (bicyclic) bond motifs is 2. The maximum absolute atomic E-state index is 5.94.